The summed E-state index contributed by atoms with van der Waals surface area (Å²) in [5, 5.41) is 6.28. The Morgan fingerprint density at radius 2 is 2.05 bits per heavy atom. The van der Waals surface area contributed by atoms with Crippen molar-refractivity contribution in [3.05, 3.63) is 29.8 Å². The maximum absolute atomic E-state index is 12.1. The predicted molar refractivity (Wildman–Crippen MR) is 78.6 cm³/mol. The molecule has 1 aliphatic rings. The molecule has 0 saturated carbocycles. The topological polar surface area (TPSA) is 50.4 Å². The molecule has 1 fully saturated rings. The van der Waals surface area contributed by atoms with Crippen LogP contribution in [0.15, 0.2) is 24.3 Å². The van der Waals surface area contributed by atoms with Crippen LogP contribution in [0.5, 0.6) is 0 Å². The van der Waals surface area contributed by atoms with Crippen molar-refractivity contribution in [2.24, 2.45) is 5.92 Å². The van der Waals surface area contributed by atoms with Crippen LogP contribution in [0, 0.1) is 5.92 Å². The van der Waals surface area contributed by atoms with E-state index >= 15 is 0 Å². The molecule has 1 heterocycles. The molecule has 0 spiro atoms. The lowest BCUT2D eigenvalue weighted by molar-refractivity contribution is -0.120. The summed E-state index contributed by atoms with van der Waals surface area (Å²) in [6.07, 6.45) is 1.83. The molecular formula is C14H21ClN2O2. The maximum Gasteiger partial charge on any atom is 0.227 e. The first-order chi connectivity index (χ1) is 8.81. The number of nitrogens with one attached hydrogen (secondary N) is 2. The van der Waals surface area contributed by atoms with Gasteiger partial charge in [0.1, 0.15) is 0 Å². The highest BCUT2D eigenvalue weighted by Gasteiger charge is 2.21. The Morgan fingerprint density at radius 1 is 1.37 bits per heavy atom. The summed E-state index contributed by atoms with van der Waals surface area (Å²) in [6, 6.07) is 7.78. The summed E-state index contributed by atoms with van der Waals surface area (Å²) in [7, 11) is 1.66. The zero-order valence-electron chi connectivity index (χ0n) is 11.1. The molecule has 19 heavy (non-hydrogen) atoms. The van der Waals surface area contributed by atoms with Crippen molar-refractivity contribution < 1.29 is 9.53 Å². The summed E-state index contributed by atoms with van der Waals surface area (Å²) in [5.41, 5.74) is 1.88. The minimum Gasteiger partial charge on any atom is -0.380 e. The highest BCUT2D eigenvalue weighted by Crippen LogP contribution is 2.19. The number of benzene rings is 1. The van der Waals surface area contributed by atoms with Gasteiger partial charge in [0, 0.05) is 24.3 Å². The number of hydrogen-bond donors (Lipinski definition) is 2. The Bertz CT molecular complexity index is 406. The molecule has 2 N–H and O–H groups in total. The molecule has 5 heteroatoms. The molecule has 0 unspecified atom stereocenters. The number of ether oxygens (including phenoxy) is 1. The van der Waals surface area contributed by atoms with Gasteiger partial charge in [-0.05, 0) is 32.0 Å². The molecule has 4 nitrogen and oxygen atoms in total. The Balaban J connectivity index is 0.00000180. The normalized spacial score (nSPS) is 15.6. The van der Waals surface area contributed by atoms with Crippen molar-refractivity contribution in [3.63, 3.8) is 0 Å². The molecule has 1 aliphatic heterocycles. The molecule has 1 aromatic carbocycles. The van der Waals surface area contributed by atoms with E-state index in [1.54, 1.807) is 7.11 Å². The van der Waals surface area contributed by atoms with Crippen molar-refractivity contribution >= 4 is 24.0 Å². The molecular weight excluding hydrogens is 264 g/mol. The molecule has 2 rings (SSSR count). The lowest BCUT2D eigenvalue weighted by atomic mass is 9.97. The van der Waals surface area contributed by atoms with E-state index < -0.39 is 0 Å². The Morgan fingerprint density at radius 3 is 2.74 bits per heavy atom. The van der Waals surface area contributed by atoms with Crippen LogP contribution in [-0.2, 0) is 16.1 Å². The first-order valence-corrected chi connectivity index (χ1v) is 6.39. The van der Waals surface area contributed by atoms with Crippen LogP contribution in [-0.4, -0.2) is 26.1 Å². The second-order valence-corrected chi connectivity index (χ2v) is 4.60. The number of hydrogen-bond acceptors (Lipinski definition) is 3. The van der Waals surface area contributed by atoms with Crippen LogP contribution >= 0.6 is 12.4 Å². The van der Waals surface area contributed by atoms with E-state index in [1.807, 2.05) is 24.3 Å². The van der Waals surface area contributed by atoms with E-state index in [-0.39, 0.29) is 24.2 Å². The van der Waals surface area contributed by atoms with Gasteiger partial charge >= 0.3 is 0 Å². The van der Waals surface area contributed by atoms with Gasteiger partial charge in [-0.1, -0.05) is 18.2 Å². The maximum atomic E-state index is 12.1. The van der Waals surface area contributed by atoms with E-state index in [0.29, 0.717) is 6.61 Å². The van der Waals surface area contributed by atoms with E-state index in [2.05, 4.69) is 10.6 Å². The minimum absolute atomic E-state index is 0. The van der Waals surface area contributed by atoms with Gasteiger partial charge in [-0.3, -0.25) is 4.79 Å². The molecule has 0 aliphatic carbocycles. The van der Waals surface area contributed by atoms with E-state index in [0.717, 1.165) is 37.2 Å². The quantitative estimate of drug-likeness (QED) is 0.891. The highest BCUT2D eigenvalue weighted by atomic mass is 35.5. The number of methoxy groups -OCH3 is 1. The monoisotopic (exact) mass is 284 g/mol. The number of amides is 1. The second-order valence-electron chi connectivity index (χ2n) is 4.60. The molecule has 1 amide bonds. The fraction of sp³-hybridized carbons (Fsp3) is 0.500. The van der Waals surface area contributed by atoms with Gasteiger partial charge in [0.2, 0.25) is 5.91 Å². The van der Waals surface area contributed by atoms with E-state index in [9.17, 15) is 4.79 Å². The van der Waals surface area contributed by atoms with E-state index in [4.69, 9.17) is 4.74 Å². The zero-order valence-corrected chi connectivity index (χ0v) is 12.0. The van der Waals surface area contributed by atoms with Gasteiger partial charge in [-0.15, -0.1) is 12.4 Å². The van der Waals surface area contributed by atoms with E-state index in [1.165, 1.54) is 0 Å². The van der Waals surface area contributed by atoms with Crippen LogP contribution in [0.2, 0.25) is 0 Å². The van der Waals surface area contributed by atoms with Crippen LogP contribution in [0.25, 0.3) is 0 Å². The van der Waals surface area contributed by atoms with Crippen molar-refractivity contribution in [3.8, 4) is 0 Å². The summed E-state index contributed by atoms with van der Waals surface area (Å²) in [6.45, 7) is 2.37. The average molecular weight is 285 g/mol. The van der Waals surface area contributed by atoms with Crippen LogP contribution in [0.1, 0.15) is 18.4 Å². The highest BCUT2D eigenvalue weighted by molar-refractivity contribution is 5.93. The number of para-hydroxylation sites is 1. The lowest BCUT2D eigenvalue weighted by Crippen LogP contribution is -2.34. The van der Waals surface area contributed by atoms with Crippen molar-refractivity contribution in [2.45, 2.75) is 19.4 Å². The number of rotatable bonds is 4. The van der Waals surface area contributed by atoms with Gasteiger partial charge in [0.25, 0.3) is 0 Å². The molecule has 1 saturated heterocycles. The Kier molecular flexibility index (Phi) is 6.84. The Labute approximate surface area is 120 Å². The minimum atomic E-state index is 0. The predicted octanol–water partition coefficient (Wildman–Crippen LogP) is 2.19. The second kappa shape index (κ2) is 8.15. The fourth-order valence-corrected chi connectivity index (χ4v) is 2.24. The first kappa shape index (κ1) is 16.0. The average Bonchev–Trinajstić information content (AvgIpc) is 2.42. The summed E-state index contributed by atoms with van der Waals surface area (Å²) in [5.74, 6) is 0.252. The van der Waals surface area contributed by atoms with Gasteiger partial charge < -0.3 is 15.4 Å². The van der Waals surface area contributed by atoms with Crippen molar-refractivity contribution in [1.29, 1.82) is 0 Å². The molecule has 0 radical (unpaired) electrons. The molecule has 0 atom stereocenters. The van der Waals surface area contributed by atoms with Gasteiger partial charge in [0.05, 0.1) is 6.61 Å². The number of anilines is 1. The fourth-order valence-electron chi connectivity index (χ4n) is 2.24. The first-order valence-electron chi connectivity index (χ1n) is 6.39. The van der Waals surface area contributed by atoms with Crippen molar-refractivity contribution in [2.75, 3.05) is 25.5 Å². The van der Waals surface area contributed by atoms with Crippen molar-refractivity contribution in [1.82, 2.24) is 5.32 Å². The smallest absolute Gasteiger partial charge is 0.227 e. The van der Waals surface area contributed by atoms with Crippen LogP contribution in [0.4, 0.5) is 5.69 Å². The molecule has 106 valence electrons. The largest absolute Gasteiger partial charge is 0.380 e. The summed E-state index contributed by atoms with van der Waals surface area (Å²) in [4.78, 5) is 12.1. The van der Waals surface area contributed by atoms with Crippen LogP contribution in [0.3, 0.4) is 0 Å². The number of piperidine rings is 1. The van der Waals surface area contributed by atoms with Crippen LogP contribution < -0.4 is 10.6 Å². The SMILES string of the molecule is COCc1ccccc1NC(=O)C1CCNCC1.Cl. The van der Waals surface area contributed by atoms with Gasteiger partial charge in [-0.25, -0.2) is 0 Å². The zero-order chi connectivity index (χ0) is 12.8. The third-order valence-electron chi connectivity index (χ3n) is 3.29. The van der Waals surface area contributed by atoms with Gasteiger partial charge in [0.15, 0.2) is 0 Å². The summed E-state index contributed by atoms with van der Waals surface area (Å²) < 4.78 is 5.13. The summed E-state index contributed by atoms with van der Waals surface area (Å²) >= 11 is 0. The Hall–Kier alpha value is -1.10. The number of carbonyl (C=O) groups is 1. The molecule has 0 aromatic heterocycles. The third-order valence-corrected chi connectivity index (χ3v) is 3.29. The molecule has 1 aromatic rings. The standard InChI is InChI=1S/C14H20N2O2.ClH/c1-18-10-12-4-2-3-5-13(12)16-14(17)11-6-8-15-9-7-11;/h2-5,11,15H,6-10H2,1H3,(H,16,17);1H. The number of halogens is 1. The third kappa shape index (κ3) is 4.49. The molecule has 0 bridgehead atoms. The number of carbonyl (C=O) groups excluding carboxylic acids is 1. The van der Waals surface area contributed by atoms with Gasteiger partial charge in [-0.2, -0.15) is 0 Å². The lowest BCUT2D eigenvalue weighted by Gasteiger charge is -2.22.